The smallest absolute Gasteiger partial charge is 0.0196 e. The van der Waals surface area contributed by atoms with Crippen molar-refractivity contribution in [3.63, 3.8) is 0 Å². The zero-order valence-corrected chi connectivity index (χ0v) is 15.0. The average molecular weight is 339 g/mol. The Labute approximate surface area is 145 Å². The van der Waals surface area contributed by atoms with E-state index in [9.17, 15) is 0 Å². The van der Waals surface area contributed by atoms with Gasteiger partial charge in [-0.25, -0.2) is 0 Å². The zero-order chi connectivity index (χ0) is 16.0. The molecule has 0 nitrogen and oxygen atoms in total. The molecule has 0 spiro atoms. The van der Waals surface area contributed by atoms with Gasteiger partial charge in [0.15, 0.2) is 0 Å². The Bertz CT molecular complexity index is 614. The van der Waals surface area contributed by atoms with Gasteiger partial charge in [0.25, 0.3) is 0 Å². The first kappa shape index (κ1) is 18.4. The Morgan fingerprint density at radius 1 is 0.583 bits per heavy atom. The highest BCUT2D eigenvalue weighted by Crippen LogP contribution is 2.55. The number of hydrogen-bond acceptors (Lipinski definition) is 0. The van der Waals surface area contributed by atoms with Gasteiger partial charge in [0.1, 0.15) is 0 Å². The Morgan fingerprint density at radius 3 is 1.21 bits per heavy atom. The van der Waals surface area contributed by atoms with Gasteiger partial charge in [-0.05, 0) is 35.8 Å². The molecule has 0 aliphatic rings. The highest BCUT2D eigenvalue weighted by molar-refractivity contribution is 7.95. The summed E-state index contributed by atoms with van der Waals surface area (Å²) in [6.45, 7) is 2.29. The van der Waals surface area contributed by atoms with Crippen LogP contribution < -0.4 is 15.9 Å². The average Bonchev–Trinajstić information content (AvgIpc) is 2.65. The third kappa shape index (κ3) is 3.57. The molecular formula is C22H25FP. The molecule has 0 unspecified atom stereocenters. The third-order valence-corrected chi connectivity index (χ3v) is 8.96. The number of hydrogen-bond donors (Lipinski definition) is 0. The van der Waals surface area contributed by atoms with Crippen molar-refractivity contribution in [3.05, 3.63) is 91.0 Å². The molecule has 0 N–H and O–H groups in total. The molecule has 3 rings (SSSR count). The molecule has 0 saturated heterocycles. The first-order chi connectivity index (χ1) is 11.4. The highest BCUT2D eigenvalue weighted by Gasteiger charge is 2.32. The predicted molar refractivity (Wildman–Crippen MR) is 107 cm³/mol. The molecule has 3 aromatic carbocycles. The lowest BCUT2D eigenvalue weighted by atomic mass is 10.3. The van der Waals surface area contributed by atoms with E-state index in [-0.39, 0.29) is 4.70 Å². The lowest BCUT2D eigenvalue weighted by Crippen LogP contribution is -2.33. The monoisotopic (exact) mass is 339 g/mol. The lowest BCUT2D eigenvalue weighted by Gasteiger charge is -2.38. The second-order valence-corrected chi connectivity index (χ2v) is 9.51. The van der Waals surface area contributed by atoms with Crippen molar-refractivity contribution in [2.24, 2.45) is 0 Å². The van der Waals surface area contributed by atoms with E-state index in [1.807, 2.05) is 0 Å². The summed E-state index contributed by atoms with van der Waals surface area (Å²) in [4.78, 5) is 0. The minimum atomic E-state index is -1.57. The molecule has 1 radical (unpaired) electrons. The summed E-state index contributed by atoms with van der Waals surface area (Å²) in [5, 5.41) is 4.47. The second kappa shape index (κ2) is 8.76. The second-order valence-electron chi connectivity index (χ2n) is 5.89. The van der Waals surface area contributed by atoms with Crippen LogP contribution in [0.1, 0.15) is 19.8 Å². The minimum Gasteiger partial charge on any atom is -0.269 e. The van der Waals surface area contributed by atoms with E-state index in [2.05, 4.69) is 97.9 Å². The van der Waals surface area contributed by atoms with Gasteiger partial charge in [-0.1, -0.05) is 104 Å². The van der Waals surface area contributed by atoms with Crippen LogP contribution in [0.4, 0.5) is 4.70 Å². The standard InChI is InChI=1S/C22H24P.FH/c1-2-3-19-23(20-13-7-4-8-14-20,21-15-9-5-10-16-21)22-17-11-6-12-18-22;/h4-18H,2-3,19H2,1H3;1H. The molecule has 0 aliphatic heterocycles. The summed E-state index contributed by atoms with van der Waals surface area (Å²) >= 11 is 0. The molecule has 2 heteroatoms. The molecule has 0 bridgehead atoms. The van der Waals surface area contributed by atoms with Crippen LogP contribution in [0.15, 0.2) is 91.0 Å². The lowest BCUT2D eigenvalue weighted by molar-refractivity contribution is 0.891. The maximum Gasteiger partial charge on any atom is -0.0196 e. The van der Waals surface area contributed by atoms with E-state index >= 15 is 0 Å². The molecule has 3 aromatic rings. The first-order valence-electron chi connectivity index (χ1n) is 8.43. The molecule has 125 valence electrons. The first-order valence-corrected chi connectivity index (χ1v) is 10.4. The van der Waals surface area contributed by atoms with Crippen molar-refractivity contribution in [2.75, 3.05) is 6.16 Å². The fraction of sp³-hybridized carbons (Fsp3) is 0.182. The molecule has 0 heterocycles. The molecule has 0 fully saturated rings. The van der Waals surface area contributed by atoms with Gasteiger partial charge in [0, 0.05) is 0 Å². The van der Waals surface area contributed by atoms with Gasteiger partial charge in [0.2, 0.25) is 0 Å². The van der Waals surface area contributed by atoms with E-state index in [1.54, 1.807) is 0 Å². The summed E-state index contributed by atoms with van der Waals surface area (Å²) in [7, 11) is -1.57. The Hall–Kier alpha value is -1.98. The van der Waals surface area contributed by atoms with E-state index in [0.29, 0.717) is 0 Å². The summed E-state index contributed by atoms with van der Waals surface area (Å²) in [5.41, 5.74) is 0. The van der Waals surface area contributed by atoms with Gasteiger partial charge >= 0.3 is 0 Å². The third-order valence-electron chi connectivity index (χ3n) is 4.44. The van der Waals surface area contributed by atoms with Gasteiger partial charge < -0.3 is 0 Å². The summed E-state index contributed by atoms with van der Waals surface area (Å²) < 4.78 is 0. The largest absolute Gasteiger partial charge is 0.269 e. The van der Waals surface area contributed by atoms with E-state index < -0.39 is 7.26 Å². The van der Waals surface area contributed by atoms with Gasteiger partial charge in [-0.2, -0.15) is 0 Å². The zero-order valence-electron chi connectivity index (χ0n) is 14.1. The van der Waals surface area contributed by atoms with Crippen LogP contribution in [-0.2, 0) is 0 Å². The molecule has 0 saturated carbocycles. The summed E-state index contributed by atoms with van der Waals surface area (Å²) in [5.74, 6) is 0. The predicted octanol–water partition coefficient (Wildman–Crippen LogP) is 4.93. The van der Waals surface area contributed by atoms with Crippen molar-refractivity contribution in [1.29, 1.82) is 0 Å². The van der Waals surface area contributed by atoms with Gasteiger partial charge in [0.05, 0.1) is 0 Å². The molecule has 0 amide bonds. The maximum atomic E-state index is 2.32. The number of rotatable bonds is 6. The summed E-state index contributed by atoms with van der Waals surface area (Å²) in [6, 6.07) is 33.4. The van der Waals surface area contributed by atoms with Crippen LogP contribution in [0.25, 0.3) is 0 Å². The molecular weight excluding hydrogens is 314 g/mol. The normalized spacial score (nSPS) is 10.9. The SMILES string of the molecule is CCCC[P](c1ccccc1)(c1ccccc1)c1ccccc1.F. The van der Waals surface area contributed by atoms with Gasteiger partial charge in [-0.15, -0.1) is 0 Å². The molecule has 0 atom stereocenters. The molecule has 0 aromatic heterocycles. The molecule has 0 aliphatic carbocycles. The number of unbranched alkanes of at least 4 members (excludes halogenated alkanes) is 1. The quantitative estimate of drug-likeness (QED) is 0.559. The van der Waals surface area contributed by atoms with Crippen LogP contribution in [-0.4, -0.2) is 6.16 Å². The number of benzene rings is 3. The van der Waals surface area contributed by atoms with Crippen LogP contribution >= 0.6 is 7.26 Å². The van der Waals surface area contributed by atoms with Crippen LogP contribution in [0.5, 0.6) is 0 Å². The highest BCUT2D eigenvalue weighted by atomic mass is 31.2. The van der Waals surface area contributed by atoms with Crippen molar-refractivity contribution >= 4 is 23.2 Å². The van der Waals surface area contributed by atoms with Crippen molar-refractivity contribution in [3.8, 4) is 0 Å². The number of halogens is 1. The summed E-state index contributed by atoms with van der Waals surface area (Å²) in [6.07, 6.45) is 3.72. The van der Waals surface area contributed by atoms with Crippen molar-refractivity contribution in [2.45, 2.75) is 19.8 Å². The Morgan fingerprint density at radius 2 is 0.917 bits per heavy atom. The van der Waals surface area contributed by atoms with Crippen LogP contribution in [0.3, 0.4) is 0 Å². The van der Waals surface area contributed by atoms with Crippen LogP contribution in [0, 0.1) is 0 Å². The van der Waals surface area contributed by atoms with Gasteiger partial charge in [-0.3, -0.25) is 4.70 Å². The van der Waals surface area contributed by atoms with Crippen molar-refractivity contribution in [1.82, 2.24) is 0 Å². The van der Waals surface area contributed by atoms with Crippen LogP contribution in [0.2, 0.25) is 0 Å². The van der Waals surface area contributed by atoms with E-state index in [1.165, 1.54) is 34.9 Å². The Kier molecular flexibility index (Phi) is 6.70. The fourth-order valence-corrected chi connectivity index (χ4v) is 7.78. The maximum absolute atomic E-state index is 2.32. The van der Waals surface area contributed by atoms with E-state index in [4.69, 9.17) is 0 Å². The minimum absolute atomic E-state index is 0. The Balaban J connectivity index is 0.00000208. The van der Waals surface area contributed by atoms with E-state index in [0.717, 1.165) is 0 Å². The molecule has 24 heavy (non-hydrogen) atoms. The topological polar surface area (TPSA) is 0 Å². The fourth-order valence-electron chi connectivity index (χ4n) is 3.28. The van der Waals surface area contributed by atoms with Crippen molar-refractivity contribution < 1.29 is 4.70 Å².